The molecule has 0 bridgehead atoms. The van der Waals surface area contributed by atoms with Gasteiger partial charge in [-0.3, -0.25) is 4.79 Å². The van der Waals surface area contributed by atoms with Gasteiger partial charge in [0.2, 0.25) is 0 Å². The number of rotatable bonds is 6. The van der Waals surface area contributed by atoms with Crippen molar-refractivity contribution < 1.29 is 38.0 Å². The van der Waals surface area contributed by atoms with Crippen LogP contribution in [0.1, 0.15) is 6.92 Å². The van der Waals surface area contributed by atoms with Crippen LogP contribution in [0, 0.1) is 0 Å². The highest BCUT2D eigenvalue weighted by Gasteiger charge is 2.65. The van der Waals surface area contributed by atoms with Gasteiger partial charge in [0.05, 0.1) is 7.11 Å². The van der Waals surface area contributed by atoms with E-state index in [4.69, 9.17) is 11.2 Å². The Balaban J connectivity index is 3.03. The number of nitrogens with one attached hydrogen (secondary N) is 1. The third-order valence-corrected chi connectivity index (χ3v) is 5.16. The van der Waals surface area contributed by atoms with Gasteiger partial charge in [-0.1, -0.05) is 25.5 Å². The van der Waals surface area contributed by atoms with Gasteiger partial charge in [0.25, 0.3) is 0 Å². The van der Waals surface area contributed by atoms with Crippen LogP contribution in [-0.4, -0.2) is 19.1 Å². The van der Waals surface area contributed by atoms with Gasteiger partial charge in [-0.15, -0.1) is 0 Å². The van der Waals surface area contributed by atoms with Crippen molar-refractivity contribution in [3.8, 4) is 5.75 Å². The van der Waals surface area contributed by atoms with Crippen molar-refractivity contribution in [2.45, 2.75) is 17.9 Å². The van der Waals surface area contributed by atoms with Crippen LogP contribution in [0.25, 0.3) is 0 Å². The van der Waals surface area contributed by atoms with Crippen molar-refractivity contribution >= 4 is 34.3 Å². The van der Waals surface area contributed by atoms with E-state index >= 15 is 0 Å². The summed E-state index contributed by atoms with van der Waals surface area (Å²) in [6.45, 7) is -3.13. The molecule has 13 heteroatoms. The number of carbonyl (C=O) groups excluding carboxylic acids is 1. The van der Waals surface area contributed by atoms with E-state index < -0.39 is 39.8 Å². The second-order valence-electron chi connectivity index (χ2n) is 4.39. The minimum absolute atomic E-state index is 0.0267. The molecular formula is C10H12ClF5NO4PS. The van der Waals surface area contributed by atoms with E-state index in [1.807, 2.05) is 5.09 Å². The summed E-state index contributed by atoms with van der Waals surface area (Å²) < 4.78 is 84.2. The van der Waals surface area contributed by atoms with Gasteiger partial charge in [0.1, 0.15) is 16.7 Å². The Morgan fingerprint density at radius 2 is 1.87 bits per heavy atom. The van der Waals surface area contributed by atoms with Crippen LogP contribution < -0.4 is 9.61 Å². The molecular weight excluding hydrogens is 392 g/mol. The summed E-state index contributed by atoms with van der Waals surface area (Å²) in [5.74, 6) is -1.67. The number of carbonyl (C=O) groups is 1. The fourth-order valence-corrected chi connectivity index (χ4v) is 3.75. The first-order valence-corrected chi connectivity index (χ1v) is 10.2. The van der Waals surface area contributed by atoms with Crippen molar-refractivity contribution in [1.29, 1.82) is 0 Å². The van der Waals surface area contributed by atoms with Crippen LogP contribution in [0.5, 0.6) is 5.75 Å². The lowest BCUT2D eigenvalue weighted by Gasteiger charge is -2.40. The Bertz CT molecular complexity index is 671. The molecule has 1 aromatic rings. The molecule has 0 saturated carbocycles. The topological polar surface area (TPSA) is 64.6 Å². The summed E-state index contributed by atoms with van der Waals surface area (Å²) in [4.78, 5) is 8.93. The summed E-state index contributed by atoms with van der Waals surface area (Å²) >= 11 is 5.46. The van der Waals surface area contributed by atoms with E-state index in [1.165, 1.54) is 6.92 Å². The van der Waals surface area contributed by atoms with Gasteiger partial charge >= 0.3 is 23.1 Å². The third-order valence-electron chi connectivity index (χ3n) is 2.38. The van der Waals surface area contributed by atoms with Gasteiger partial charge in [-0.05, 0) is 19.1 Å². The molecule has 0 aromatic heterocycles. The molecule has 23 heavy (non-hydrogen) atoms. The molecule has 1 unspecified atom stereocenters. The smallest absolute Gasteiger partial charge is 0.409 e. The van der Waals surface area contributed by atoms with Crippen LogP contribution in [0.15, 0.2) is 29.2 Å². The Labute approximate surface area is 133 Å². The summed E-state index contributed by atoms with van der Waals surface area (Å²) in [6, 6.07) is 0.414. The van der Waals surface area contributed by atoms with Crippen LogP contribution in [0.3, 0.4) is 0 Å². The third kappa shape index (κ3) is 6.17. The van der Waals surface area contributed by atoms with E-state index in [2.05, 4.69) is 9.26 Å². The molecule has 2 atom stereocenters. The van der Waals surface area contributed by atoms with E-state index in [0.29, 0.717) is 6.07 Å². The number of halogens is 6. The number of hydrogen-bond acceptors (Lipinski definition) is 4. The van der Waals surface area contributed by atoms with Gasteiger partial charge in [-0.25, -0.2) is 9.65 Å². The summed E-state index contributed by atoms with van der Waals surface area (Å²) in [6.07, 6.45) is 0. The molecule has 0 heterocycles. The van der Waals surface area contributed by atoms with E-state index in [9.17, 15) is 28.8 Å². The summed E-state index contributed by atoms with van der Waals surface area (Å²) in [7, 11) is -8.87. The number of ether oxygens (including phenoxy) is 1. The van der Waals surface area contributed by atoms with Crippen molar-refractivity contribution in [3.63, 3.8) is 0 Å². The maximum absolute atomic E-state index is 12.7. The molecule has 0 fully saturated rings. The van der Waals surface area contributed by atoms with Gasteiger partial charge in [-0.2, -0.15) is 0 Å². The molecule has 0 radical (unpaired) electrons. The number of hydrogen-bond donors (Lipinski definition) is 1. The zero-order valence-corrected chi connectivity index (χ0v) is 14.1. The Hall–Kier alpha value is -1.03. The van der Waals surface area contributed by atoms with E-state index in [-0.39, 0.29) is 12.1 Å². The maximum atomic E-state index is 12.7. The molecule has 0 amide bonds. The Morgan fingerprint density at radius 1 is 1.30 bits per heavy atom. The highest BCUT2D eigenvalue weighted by Crippen LogP contribution is 3.02. The Kier molecular flexibility index (Phi) is 4.79. The molecule has 5 nitrogen and oxygen atoms in total. The number of methoxy groups -OCH3 is 1. The fraction of sp³-hybridized carbons (Fsp3) is 0.300. The minimum atomic E-state index is -9.91. The minimum Gasteiger partial charge on any atom is -0.468 e. The lowest BCUT2D eigenvalue weighted by Crippen LogP contribution is -2.32. The Morgan fingerprint density at radius 3 is 2.35 bits per heavy atom. The first-order chi connectivity index (χ1) is 10.0. The van der Waals surface area contributed by atoms with Gasteiger partial charge < -0.3 is 9.26 Å². The zero-order chi connectivity index (χ0) is 18.2. The standard InChI is InChI=1S/C10H12ClF5NO4PS/c1-7(10(18)20-2)17-22(11,19)21-8-4-3-5-9(6-8)23(12,13,14,15)16/h3-7H,1-2H3,(H,17,19)/t7-,22?/m0/s1. The average molecular weight is 404 g/mol. The second-order valence-corrected chi connectivity index (χ2v) is 9.53. The first kappa shape index (κ1) is 20.0. The predicted octanol–water partition coefficient (Wildman–Crippen LogP) is 5.22. The van der Waals surface area contributed by atoms with Gasteiger partial charge in [0.15, 0.2) is 0 Å². The largest absolute Gasteiger partial charge is 0.468 e. The lowest BCUT2D eigenvalue weighted by molar-refractivity contribution is -0.142. The quantitative estimate of drug-likeness (QED) is 0.401. The zero-order valence-electron chi connectivity index (χ0n) is 11.6. The van der Waals surface area contributed by atoms with Gasteiger partial charge in [0, 0.05) is 17.3 Å². The monoisotopic (exact) mass is 403 g/mol. The van der Waals surface area contributed by atoms with Crippen molar-refractivity contribution in [2.24, 2.45) is 0 Å². The molecule has 0 spiro atoms. The SMILES string of the molecule is COC(=O)[C@H](C)NP(=O)(Cl)Oc1cccc(S(F)(F)(F)(F)F)c1. The first-order valence-electron chi connectivity index (χ1n) is 5.73. The van der Waals surface area contributed by atoms with Crippen LogP contribution >= 0.6 is 28.3 Å². The van der Waals surface area contributed by atoms with E-state index in [1.54, 1.807) is 0 Å². The van der Waals surface area contributed by atoms with Crippen LogP contribution in [0.2, 0.25) is 0 Å². The normalized spacial score (nSPS) is 19.0. The molecule has 0 saturated heterocycles. The predicted molar refractivity (Wildman–Crippen MR) is 76.5 cm³/mol. The molecule has 1 N–H and O–H groups in total. The molecule has 0 aliphatic heterocycles. The van der Waals surface area contributed by atoms with Crippen LogP contribution in [-0.2, 0) is 14.1 Å². The molecule has 1 aromatic carbocycles. The molecule has 0 aliphatic rings. The lowest BCUT2D eigenvalue weighted by atomic mass is 10.3. The average Bonchev–Trinajstić information content (AvgIpc) is 2.34. The molecule has 0 aliphatic carbocycles. The highest BCUT2D eigenvalue weighted by molar-refractivity contribution is 8.45. The number of benzene rings is 1. The fourth-order valence-electron chi connectivity index (χ4n) is 1.39. The molecule has 134 valence electrons. The summed E-state index contributed by atoms with van der Waals surface area (Å²) in [5.41, 5.74) is 0. The number of esters is 1. The van der Waals surface area contributed by atoms with Crippen LogP contribution in [0.4, 0.5) is 19.4 Å². The second kappa shape index (κ2) is 5.51. The van der Waals surface area contributed by atoms with Crippen molar-refractivity contribution in [2.75, 3.05) is 7.11 Å². The maximum Gasteiger partial charge on any atom is 0.409 e. The van der Waals surface area contributed by atoms with E-state index in [0.717, 1.165) is 13.2 Å². The highest BCUT2D eigenvalue weighted by atomic mass is 35.7. The summed E-state index contributed by atoms with van der Waals surface area (Å²) in [5, 5.41) is 2.00. The van der Waals surface area contributed by atoms with Crippen molar-refractivity contribution in [3.05, 3.63) is 24.3 Å². The van der Waals surface area contributed by atoms with Crippen molar-refractivity contribution in [1.82, 2.24) is 5.09 Å². The molecule has 1 rings (SSSR count).